The zero-order chi connectivity index (χ0) is 23.6. The van der Waals surface area contributed by atoms with Crippen molar-refractivity contribution < 1.29 is 9.60 Å². The SMILES string of the molecule is [2H]c1c([2H])c([2H])c2c(c1[2H])c1c([2H])c(-c3ccccc3)c([2H])c([2H])c1n2-c1cccc(Br)c1. The number of benzene rings is 4. The Balaban J connectivity index is 2.12. The minimum absolute atomic E-state index is 0.0408. The number of rotatable bonds is 2. The third-order valence-electron chi connectivity index (χ3n) is 4.29. The zero-order valence-corrected chi connectivity index (χ0v) is 15.1. The van der Waals surface area contributed by atoms with E-state index in [2.05, 4.69) is 15.9 Å². The van der Waals surface area contributed by atoms with Gasteiger partial charge in [-0.2, -0.15) is 0 Å². The molecule has 0 aliphatic heterocycles. The number of nitrogens with zero attached hydrogens (tertiary/aromatic N) is 1. The van der Waals surface area contributed by atoms with Crippen LogP contribution in [-0.2, 0) is 0 Å². The topological polar surface area (TPSA) is 4.93 Å². The predicted molar refractivity (Wildman–Crippen MR) is 114 cm³/mol. The van der Waals surface area contributed by atoms with E-state index in [1.54, 1.807) is 47.0 Å². The molecule has 5 rings (SSSR count). The second-order valence-corrected chi connectivity index (χ2v) is 6.79. The van der Waals surface area contributed by atoms with E-state index in [-0.39, 0.29) is 63.6 Å². The number of halogens is 1. The molecular formula is C24H16BrN. The molecule has 5 aromatic rings. The molecule has 0 spiro atoms. The minimum Gasteiger partial charge on any atom is -0.309 e. The van der Waals surface area contributed by atoms with Crippen LogP contribution in [0.3, 0.4) is 0 Å². The van der Waals surface area contributed by atoms with Gasteiger partial charge in [0.1, 0.15) is 0 Å². The number of hydrogen-bond acceptors (Lipinski definition) is 0. The summed E-state index contributed by atoms with van der Waals surface area (Å²) < 4.78 is 62.6. The maximum Gasteiger partial charge on any atom is 0.0645 e. The summed E-state index contributed by atoms with van der Waals surface area (Å²) in [5.41, 5.74) is 1.82. The first-order valence-corrected chi connectivity index (χ1v) is 8.88. The van der Waals surface area contributed by atoms with Crippen LogP contribution in [0.1, 0.15) is 9.60 Å². The quantitative estimate of drug-likeness (QED) is 0.292. The average Bonchev–Trinajstić information content (AvgIpc) is 3.17. The van der Waals surface area contributed by atoms with E-state index in [4.69, 9.17) is 9.60 Å². The summed E-state index contributed by atoms with van der Waals surface area (Å²) in [5.74, 6) is 0. The Morgan fingerprint density at radius 3 is 2.38 bits per heavy atom. The maximum absolute atomic E-state index is 9.03. The van der Waals surface area contributed by atoms with Crippen molar-refractivity contribution in [2.75, 3.05) is 0 Å². The Labute approximate surface area is 170 Å². The van der Waals surface area contributed by atoms with Crippen LogP contribution in [0.4, 0.5) is 0 Å². The van der Waals surface area contributed by atoms with Crippen molar-refractivity contribution in [2.45, 2.75) is 0 Å². The third kappa shape index (κ3) is 2.46. The summed E-state index contributed by atoms with van der Waals surface area (Å²) in [6.45, 7) is 0. The molecule has 124 valence electrons. The molecule has 0 amide bonds. The molecule has 4 aromatic carbocycles. The van der Waals surface area contributed by atoms with Crippen molar-refractivity contribution in [3.05, 3.63) is 101 Å². The summed E-state index contributed by atoms with van der Waals surface area (Å²) in [5, 5.41) is 0.406. The van der Waals surface area contributed by atoms with E-state index < -0.39 is 6.04 Å². The van der Waals surface area contributed by atoms with E-state index in [0.29, 0.717) is 11.3 Å². The molecule has 0 saturated carbocycles. The first kappa shape index (κ1) is 9.75. The largest absolute Gasteiger partial charge is 0.309 e. The lowest BCUT2D eigenvalue weighted by molar-refractivity contribution is 1.18. The van der Waals surface area contributed by atoms with Gasteiger partial charge in [0, 0.05) is 20.9 Å². The highest BCUT2D eigenvalue weighted by atomic mass is 79.9. The van der Waals surface area contributed by atoms with Crippen LogP contribution in [0.25, 0.3) is 38.6 Å². The standard InChI is InChI=1S/C24H16BrN/c25-19-9-6-10-20(16-19)26-23-12-5-4-11-21(23)22-15-18(13-14-24(22)26)17-7-2-1-3-8-17/h1-16H/i4D,5D,11D,12D,13D,14D,15D. The van der Waals surface area contributed by atoms with E-state index in [1.807, 2.05) is 12.1 Å². The molecule has 1 heterocycles. The van der Waals surface area contributed by atoms with Crippen molar-refractivity contribution in [1.29, 1.82) is 0 Å². The van der Waals surface area contributed by atoms with Crippen LogP contribution in [0, 0.1) is 0 Å². The number of para-hydroxylation sites is 1. The van der Waals surface area contributed by atoms with Gasteiger partial charge in [-0.1, -0.05) is 76.5 Å². The smallest absolute Gasteiger partial charge is 0.0645 e. The molecule has 0 atom stereocenters. The Bertz CT molecular complexity index is 1590. The molecule has 0 radical (unpaired) electrons. The average molecular weight is 405 g/mol. The van der Waals surface area contributed by atoms with Crippen LogP contribution in [-0.4, -0.2) is 4.57 Å². The van der Waals surface area contributed by atoms with Crippen LogP contribution < -0.4 is 0 Å². The first-order valence-electron chi connectivity index (χ1n) is 11.6. The van der Waals surface area contributed by atoms with Crippen molar-refractivity contribution in [3.8, 4) is 16.8 Å². The molecule has 0 N–H and O–H groups in total. The fourth-order valence-electron chi connectivity index (χ4n) is 3.14. The van der Waals surface area contributed by atoms with Crippen LogP contribution >= 0.6 is 15.9 Å². The van der Waals surface area contributed by atoms with Gasteiger partial charge in [-0.15, -0.1) is 0 Å². The van der Waals surface area contributed by atoms with Gasteiger partial charge in [0.2, 0.25) is 0 Å². The highest BCUT2D eigenvalue weighted by molar-refractivity contribution is 9.10. The lowest BCUT2D eigenvalue weighted by Crippen LogP contribution is -1.93. The fourth-order valence-corrected chi connectivity index (χ4v) is 3.52. The first-order chi connectivity index (χ1) is 15.7. The molecule has 0 saturated heterocycles. The molecule has 0 fully saturated rings. The fraction of sp³-hybridized carbons (Fsp3) is 0. The van der Waals surface area contributed by atoms with Gasteiger partial charge in [-0.25, -0.2) is 0 Å². The van der Waals surface area contributed by atoms with Gasteiger partial charge in [-0.05, 0) is 47.5 Å². The van der Waals surface area contributed by atoms with Gasteiger partial charge >= 0.3 is 0 Å². The molecule has 1 nitrogen and oxygen atoms in total. The second-order valence-electron chi connectivity index (χ2n) is 5.88. The monoisotopic (exact) mass is 404 g/mol. The molecule has 0 bridgehead atoms. The Morgan fingerprint density at radius 1 is 0.731 bits per heavy atom. The normalized spacial score (nSPS) is 15.0. The van der Waals surface area contributed by atoms with Gasteiger partial charge < -0.3 is 4.57 Å². The lowest BCUT2D eigenvalue weighted by Gasteiger charge is -2.08. The molecule has 0 aliphatic rings. The van der Waals surface area contributed by atoms with Gasteiger partial charge in [-0.3, -0.25) is 0 Å². The molecular weight excluding hydrogens is 382 g/mol. The lowest BCUT2D eigenvalue weighted by atomic mass is 10.0. The maximum atomic E-state index is 9.03. The van der Waals surface area contributed by atoms with Crippen molar-refractivity contribution >= 4 is 37.7 Å². The number of hydrogen-bond donors (Lipinski definition) is 0. The number of aromatic nitrogens is 1. The van der Waals surface area contributed by atoms with Crippen LogP contribution in [0.5, 0.6) is 0 Å². The summed E-state index contributed by atoms with van der Waals surface area (Å²) in [6, 6.07) is 14.5. The van der Waals surface area contributed by atoms with E-state index in [0.717, 1.165) is 4.47 Å². The second kappa shape index (κ2) is 6.15. The minimum atomic E-state index is -0.400. The van der Waals surface area contributed by atoms with Crippen molar-refractivity contribution in [3.63, 3.8) is 0 Å². The molecule has 26 heavy (non-hydrogen) atoms. The highest BCUT2D eigenvalue weighted by Crippen LogP contribution is 2.35. The molecule has 2 heteroatoms. The van der Waals surface area contributed by atoms with Crippen LogP contribution in [0.2, 0.25) is 0 Å². The Morgan fingerprint density at radius 2 is 1.54 bits per heavy atom. The Kier molecular flexibility index (Phi) is 2.31. The summed E-state index contributed by atoms with van der Waals surface area (Å²) in [6.07, 6.45) is 0. The molecule has 0 aliphatic carbocycles. The Hall–Kier alpha value is -2.84. The summed E-state index contributed by atoms with van der Waals surface area (Å²) in [4.78, 5) is 0. The van der Waals surface area contributed by atoms with E-state index >= 15 is 0 Å². The summed E-state index contributed by atoms with van der Waals surface area (Å²) in [7, 11) is 0. The van der Waals surface area contributed by atoms with Crippen molar-refractivity contribution in [1.82, 2.24) is 4.57 Å². The van der Waals surface area contributed by atoms with E-state index in [9.17, 15) is 0 Å². The highest BCUT2D eigenvalue weighted by Gasteiger charge is 2.13. The molecule has 0 unspecified atom stereocenters. The van der Waals surface area contributed by atoms with Crippen LogP contribution in [0.15, 0.2) is 101 Å². The predicted octanol–water partition coefficient (Wildman–Crippen LogP) is 7.21. The van der Waals surface area contributed by atoms with E-state index in [1.165, 1.54) is 0 Å². The van der Waals surface area contributed by atoms with Gasteiger partial charge in [0.05, 0.1) is 20.6 Å². The van der Waals surface area contributed by atoms with Gasteiger partial charge in [0.25, 0.3) is 0 Å². The molecule has 1 aromatic heterocycles. The third-order valence-corrected chi connectivity index (χ3v) is 4.78. The van der Waals surface area contributed by atoms with Crippen molar-refractivity contribution in [2.24, 2.45) is 0 Å². The van der Waals surface area contributed by atoms with Gasteiger partial charge in [0.15, 0.2) is 0 Å². The zero-order valence-electron chi connectivity index (χ0n) is 20.5. The number of fused-ring (bicyclic) bond motifs is 3. The summed E-state index contributed by atoms with van der Waals surface area (Å²) >= 11 is 3.44.